The van der Waals surface area contributed by atoms with Crippen molar-refractivity contribution in [1.82, 2.24) is 35.2 Å². The molecule has 4 N–H and O–H groups in total. The number of nitrogens with one attached hydrogen (secondary N) is 2. The van der Waals surface area contributed by atoms with Gasteiger partial charge >= 0.3 is 7.55 Å². The van der Waals surface area contributed by atoms with Crippen molar-refractivity contribution >= 4 is 31.2 Å². The Bertz CT molecular complexity index is 1310. The van der Waals surface area contributed by atoms with Crippen LogP contribution >= 0.6 is 0 Å². The van der Waals surface area contributed by atoms with Crippen LogP contribution in [0.1, 0.15) is 105 Å². The molecule has 14 nitrogen and oxygen atoms in total. The molecule has 288 valence electrons. The third-order valence-electron chi connectivity index (χ3n) is 11.2. The fourth-order valence-electron chi connectivity index (χ4n) is 7.84. The maximum atomic E-state index is 14.4. The van der Waals surface area contributed by atoms with Crippen molar-refractivity contribution in [3.63, 3.8) is 0 Å². The molecule has 15 heteroatoms. The molecule has 1 aliphatic heterocycles. The number of likely N-dealkylation sites (N-methyl/N-ethyl adjacent to an activating group) is 1. The molecule has 0 spiro atoms. The average molecular weight is 717 g/mol. The first kappa shape index (κ1) is 42.4. The van der Waals surface area contributed by atoms with E-state index >= 15 is 0 Å². The number of nitrogens with two attached hydrogens (primary N) is 1. The van der Waals surface area contributed by atoms with E-state index in [2.05, 4.69) is 20.9 Å². The number of likely N-dealkylation sites (tertiary alicyclic amines) is 1. The van der Waals surface area contributed by atoms with E-state index in [1.165, 1.54) is 13.5 Å². The Hall–Kier alpha value is -3.04. The van der Waals surface area contributed by atoms with Gasteiger partial charge in [0.25, 0.3) is 0 Å². The lowest BCUT2D eigenvalue weighted by atomic mass is 9.89. The number of hydrogen-bond donors (Lipinski definition) is 3. The first-order chi connectivity index (χ1) is 24.2. The van der Waals surface area contributed by atoms with Gasteiger partial charge in [-0.1, -0.05) is 66.5 Å². The smallest absolute Gasteiger partial charge is 0.349 e. The van der Waals surface area contributed by atoms with E-state index in [0.717, 1.165) is 49.9 Å². The summed E-state index contributed by atoms with van der Waals surface area (Å²) in [5.41, 5.74) is 7.77. The molecule has 0 saturated carbocycles. The lowest BCUT2D eigenvalue weighted by Gasteiger charge is -2.41. The van der Waals surface area contributed by atoms with Crippen LogP contribution in [0.2, 0.25) is 0 Å². The molecular weight excluding hydrogens is 651 g/mol. The van der Waals surface area contributed by atoms with Gasteiger partial charge in [0.2, 0.25) is 23.6 Å². The Balaban J connectivity index is 1.76. The van der Waals surface area contributed by atoms with Gasteiger partial charge in [0, 0.05) is 33.5 Å². The maximum Gasteiger partial charge on any atom is 0.349 e. The fraction of sp³-hybridized carbons (Fsp3) is 0.833. The molecule has 1 aliphatic carbocycles. The molecule has 51 heavy (non-hydrogen) atoms. The summed E-state index contributed by atoms with van der Waals surface area (Å²) in [7, 11) is 5.19. The molecule has 0 bridgehead atoms. The molecule has 2 heterocycles. The molecule has 1 fully saturated rings. The molecule has 1 saturated heterocycles. The monoisotopic (exact) mass is 717 g/mol. The zero-order chi connectivity index (χ0) is 38.0. The summed E-state index contributed by atoms with van der Waals surface area (Å²) in [6.07, 6.45) is 6.38. The van der Waals surface area contributed by atoms with Gasteiger partial charge in [-0.25, -0.2) is 0 Å². The molecule has 0 aromatic carbocycles. The second-order valence-electron chi connectivity index (χ2n) is 15.3. The predicted molar refractivity (Wildman–Crippen MR) is 198 cm³/mol. The van der Waals surface area contributed by atoms with Crippen LogP contribution in [-0.4, -0.2) is 120 Å². The molecular formula is C36H65BN8O6. The van der Waals surface area contributed by atoms with E-state index in [4.69, 9.17) is 15.2 Å². The second-order valence-corrected chi connectivity index (χ2v) is 15.3. The predicted octanol–water partition coefficient (Wildman–Crippen LogP) is 1.82. The Morgan fingerprint density at radius 2 is 1.65 bits per heavy atom. The van der Waals surface area contributed by atoms with Gasteiger partial charge in [0.1, 0.15) is 6.04 Å². The van der Waals surface area contributed by atoms with Crippen molar-refractivity contribution in [3.8, 4) is 0 Å². The fourth-order valence-corrected chi connectivity index (χ4v) is 7.84. The average Bonchev–Trinajstić information content (AvgIpc) is 3.66. The minimum atomic E-state index is -0.798. The van der Waals surface area contributed by atoms with E-state index in [-0.39, 0.29) is 47.9 Å². The molecule has 4 amide bonds. The summed E-state index contributed by atoms with van der Waals surface area (Å²) in [5, 5.41) is 15.2. The number of carbonyl (C=O) groups excluding carboxylic acids is 4. The third-order valence-corrected chi connectivity index (χ3v) is 11.2. The van der Waals surface area contributed by atoms with Gasteiger partial charge in [-0.3, -0.25) is 23.8 Å². The first-order valence-corrected chi connectivity index (χ1v) is 19.0. The summed E-state index contributed by atoms with van der Waals surface area (Å²) in [5.74, 6) is -1.92. The van der Waals surface area contributed by atoms with E-state index in [9.17, 15) is 19.2 Å². The number of amides is 4. The lowest BCUT2D eigenvalue weighted by molar-refractivity contribution is -0.147. The first-order valence-electron chi connectivity index (χ1n) is 19.0. The molecule has 3 rings (SSSR count). The normalized spacial score (nSPS) is 20.5. The number of rotatable bonds is 19. The highest BCUT2D eigenvalue weighted by atomic mass is 16.5. The number of aromatic nitrogens is 3. The van der Waals surface area contributed by atoms with Crippen molar-refractivity contribution in [3.05, 3.63) is 11.4 Å². The summed E-state index contributed by atoms with van der Waals surface area (Å²) in [6, 6.07) is -2.09. The zero-order valence-corrected chi connectivity index (χ0v) is 32.8. The molecule has 1 aromatic rings. The number of ether oxygens (including phenoxy) is 2. The molecule has 1 unspecified atom stereocenters. The quantitative estimate of drug-likeness (QED) is 0.143. The van der Waals surface area contributed by atoms with Crippen LogP contribution in [0.25, 0.3) is 0 Å². The van der Waals surface area contributed by atoms with Gasteiger partial charge in [0.05, 0.1) is 48.4 Å². The molecule has 0 radical (unpaired) electrons. The standard InChI is InChI=1S/C36H65BN8O6/c1-11-23(6)32(28(50-9)20-29(46)44-19-15-18-27(44)33(51-10)24(7)34(38)47)43(8)36(49)31(22(4)5)39-35(48)30(21(2)3)40-37-45-26-17-14-12-13-16-25(26)41-42-45/h21-24,27-28,30-33,37,40H,11-20H2,1-10H3,(H2,38,47)(H,39,48)/t23-,24+,27-,28+,30?,31-,32-,33+/m0/s1. The summed E-state index contributed by atoms with van der Waals surface area (Å²) in [6.45, 7) is 14.1. The summed E-state index contributed by atoms with van der Waals surface area (Å²) >= 11 is 0. The van der Waals surface area contributed by atoms with Crippen molar-refractivity contribution in [2.45, 2.75) is 143 Å². The van der Waals surface area contributed by atoms with E-state index in [0.29, 0.717) is 20.5 Å². The molecule has 2 aliphatic rings. The van der Waals surface area contributed by atoms with Crippen LogP contribution in [0.3, 0.4) is 0 Å². The maximum absolute atomic E-state index is 14.4. The van der Waals surface area contributed by atoms with Gasteiger partial charge in [-0.05, 0) is 56.3 Å². The van der Waals surface area contributed by atoms with Crippen molar-refractivity contribution in [1.29, 1.82) is 0 Å². The van der Waals surface area contributed by atoms with Crippen molar-refractivity contribution < 1.29 is 28.7 Å². The van der Waals surface area contributed by atoms with E-state index in [1.54, 1.807) is 30.9 Å². The topological polar surface area (TPSA) is 174 Å². The van der Waals surface area contributed by atoms with E-state index < -0.39 is 42.2 Å². The van der Waals surface area contributed by atoms with Crippen LogP contribution in [0.4, 0.5) is 0 Å². The molecule has 1 aromatic heterocycles. The van der Waals surface area contributed by atoms with Crippen molar-refractivity contribution in [2.24, 2.45) is 29.4 Å². The highest BCUT2D eigenvalue weighted by molar-refractivity contribution is 6.30. The largest absolute Gasteiger partial charge is 0.379 e. The minimum Gasteiger partial charge on any atom is -0.379 e. The van der Waals surface area contributed by atoms with Crippen LogP contribution < -0.4 is 16.3 Å². The third kappa shape index (κ3) is 10.5. The van der Waals surface area contributed by atoms with Gasteiger partial charge in [-0.15, -0.1) is 5.10 Å². The van der Waals surface area contributed by atoms with Crippen LogP contribution in [0.15, 0.2) is 0 Å². The number of fused-ring (bicyclic) bond motifs is 1. The second kappa shape index (κ2) is 19.7. The Labute approximate surface area is 305 Å². The number of aryl methyl sites for hydroxylation is 1. The highest BCUT2D eigenvalue weighted by Gasteiger charge is 2.42. The SMILES string of the molecule is CC[C@H](C)[C@@H]([C@@H](CC(=O)N1CCC[C@H]1[C@H](OC)[C@@H](C)C(N)=O)OC)N(C)C(=O)[C@@H](NC(=O)C(NBn1nnc2c1CCCCC2)C(C)C)C(C)C. The zero-order valence-electron chi connectivity index (χ0n) is 32.8. The number of carbonyl (C=O) groups is 4. The van der Waals surface area contributed by atoms with Crippen LogP contribution in [-0.2, 0) is 41.5 Å². The van der Waals surface area contributed by atoms with Gasteiger partial charge in [0.15, 0.2) is 0 Å². The Morgan fingerprint density at radius 3 is 2.24 bits per heavy atom. The van der Waals surface area contributed by atoms with Crippen LogP contribution in [0.5, 0.6) is 0 Å². The Morgan fingerprint density at radius 1 is 0.980 bits per heavy atom. The van der Waals surface area contributed by atoms with Crippen molar-refractivity contribution in [2.75, 3.05) is 27.8 Å². The highest BCUT2D eigenvalue weighted by Crippen LogP contribution is 2.29. The minimum absolute atomic E-state index is 0.0147. The number of primary amides is 1. The summed E-state index contributed by atoms with van der Waals surface area (Å²) < 4.78 is 13.5. The lowest BCUT2D eigenvalue weighted by Crippen LogP contribution is -2.60. The molecule has 8 atom stereocenters. The number of nitrogens with zero attached hydrogens (tertiary/aromatic N) is 5. The van der Waals surface area contributed by atoms with Crippen LogP contribution in [0, 0.1) is 23.7 Å². The number of methoxy groups -OCH3 is 2. The Kier molecular flexibility index (Phi) is 16.4. The van der Waals surface area contributed by atoms with Gasteiger partial charge < -0.3 is 35.6 Å². The van der Waals surface area contributed by atoms with E-state index in [1.807, 2.05) is 46.1 Å². The number of hydrogen-bond acceptors (Lipinski definition) is 9. The van der Waals surface area contributed by atoms with Gasteiger partial charge in [-0.2, -0.15) is 0 Å². The summed E-state index contributed by atoms with van der Waals surface area (Å²) in [4.78, 5) is 57.6.